The number of benzene rings is 1. The Morgan fingerprint density at radius 1 is 1.17 bits per heavy atom. The van der Waals surface area contributed by atoms with E-state index in [0.29, 0.717) is 0 Å². The van der Waals surface area contributed by atoms with E-state index < -0.39 is 0 Å². The van der Waals surface area contributed by atoms with Gasteiger partial charge in [-0.3, -0.25) is 4.58 Å². The molecule has 1 aromatic carbocycles. The fourth-order valence-electron chi connectivity index (χ4n) is 2.11. The van der Waals surface area contributed by atoms with Gasteiger partial charge < -0.3 is 4.74 Å². The number of allylic oxidation sites excluding steroid dienone is 1. The van der Waals surface area contributed by atoms with Crippen molar-refractivity contribution in [2.45, 2.75) is 26.3 Å². The second kappa shape index (κ2) is 4.48. The quantitative estimate of drug-likeness (QED) is 0.744. The van der Waals surface area contributed by atoms with Crippen LogP contribution in [0.4, 0.5) is 5.69 Å². The predicted octanol–water partition coefficient (Wildman–Crippen LogP) is 2.87. The van der Waals surface area contributed by atoms with Gasteiger partial charge in [-0.05, 0) is 45.0 Å². The highest BCUT2D eigenvalue weighted by atomic mass is 16.5. The average molecular weight is 245 g/mol. The van der Waals surface area contributed by atoms with Crippen molar-refractivity contribution in [2.75, 3.05) is 19.1 Å². The van der Waals surface area contributed by atoms with Crippen LogP contribution in [-0.4, -0.2) is 30.6 Å². The summed E-state index contributed by atoms with van der Waals surface area (Å²) in [7, 11) is 3.78. The lowest BCUT2D eigenvalue weighted by atomic mass is 10.0. The van der Waals surface area contributed by atoms with Crippen LogP contribution in [0.1, 0.15) is 20.8 Å². The Morgan fingerprint density at radius 3 is 2.33 bits per heavy atom. The number of anilines is 1. The van der Waals surface area contributed by atoms with E-state index in [1.54, 1.807) is 7.11 Å². The molecule has 3 heteroatoms. The van der Waals surface area contributed by atoms with E-state index in [0.717, 1.165) is 11.4 Å². The molecule has 0 aromatic heterocycles. The highest BCUT2D eigenvalue weighted by Crippen LogP contribution is 2.26. The lowest BCUT2D eigenvalue weighted by molar-refractivity contribution is -0.558. The molecule has 1 aromatic rings. The van der Waals surface area contributed by atoms with Gasteiger partial charge in [-0.15, -0.1) is 0 Å². The normalized spacial score (nSPS) is 18.2. The topological polar surface area (TPSA) is 15.5 Å². The zero-order chi connectivity index (χ0) is 13.3. The third kappa shape index (κ3) is 2.26. The molecule has 3 nitrogen and oxygen atoms in total. The standard InChI is InChI=1S/C15H21N2O/c1-12-10-15(2,3)16(4)11-17(12)13-6-8-14(18-5)9-7-13/h6-11H,1-5H3/q+1. The number of likely N-dealkylation sites (N-methyl/N-ethyl adjacent to an activating group) is 1. The molecule has 1 heterocycles. The molecule has 0 fully saturated rings. The van der Waals surface area contributed by atoms with Gasteiger partial charge in [0.25, 0.3) is 0 Å². The number of methoxy groups -OCH3 is 1. The summed E-state index contributed by atoms with van der Waals surface area (Å²) in [6.07, 6.45) is 4.41. The summed E-state index contributed by atoms with van der Waals surface area (Å²) in [5.41, 5.74) is 2.45. The first kappa shape index (κ1) is 12.7. The fraction of sp³-hybridized carbons (Fsp3) is 0.400. The van der Waals surface area contributed by atoms with Crippen LogP contribution in [0.3, 0.4) is 0 Å². The van der Waals surface area contributed by atoms with Crippen LogP contribution < -0.4 is 9.64 Å². The molecule has 1 aliphatic heterocycles. The molecule has 18 heavy (non-hydrogen) atoms. The van der Waals surface area contributed by atoms with Crippen molar-refractivity contribution in [1.29, 1.82) is 0 Å². The number of rotatable bonds is 2. The Hall–Kier alpha value is -1.77. The molecule has 0 N–H and O–H groups in total. The molecule has 1 aliphatic rings. The first-order chi connectivity index (χ1) is 8.44. The molecular weight excluding hydrogens is 224 g/mol. The van der Waals surface area contributed by atoms with Crippen molar-refractivity contribution in [3.8, 4) is 5.75 Å². The third-order valence-corrected chi connectivity index (χ3v) is 3.49. The Kier molecular flexibility index (Phi) is 3.16. The van der Waals surface area contributed by atoms with Crippen LogP contribution in [0, 0.1) is 0 Å². The molecule has 0 bridgehead atoms. The highest BCUT2D eigenvalue weighted by Gasteiger charge is 2.30. The maximum atomic E-state index is 5.18. The first-order valence-electron chi connectivity index (χ1n) is 6.15. The second-order valence-corrected chi connectivity index (χ2v) is 5.23. The molecule has 0 radical (unpaired) electrons. The number of ether oxygens (including phenoxy) is 1. The second-order valence-electron chi connectivity index (χ2n) is 5.23. The van der Waals surface area contributed by atoms with Crippen molar-refractivity contribution >= 4 is 12.0 Å². The van der Waals surface area contributed by atoms with Crippen LogP contribution in [0.25, 0.3) is 0 Å². The SMILES string of the molecule is COc1ccc(N2C=[N+](C)C(C)(C)C=C2C)cc1. The number of nitrogens with zero attached hydrogens (tertiary/aromatic N) is 2. The molecule has 2 rings (SSSR count). The molecule has 0 spiro atoms. The van der Waals surface area contributed by atoms with E-state index in [1.807, 2.05) is 12.1 Å². The van der Waals surface area contributed by atoms with E-state index in [-0.39, 0.29) is 5.54 Å². The van der Waals surface area contributed by atoms with Gasteiger partial charge in [-0.25, -0.2) is 4.90 Å². The van der Waals surface area contributed by atoms with Crippen LogP contribution in [0.5, 0.6) is 5.75 Å². The van der Waals surface area contributed by atoms with Gasteiger partial charge in [0.05, 0.1) is 14.2 Å². The van der Waals surface area contributed by atoms with Gasteiger partial charge in [-0.2, -0.15) is 0 Å². The fourth-order valence-corrected chi connectivity index (χ4v) is 2.11. The average Bonchev–Trinajstić information content (AvgIpc) is 2.33. The maximum Gasteiger partial charge on any atom is 0.244 e. The van der Waals surface area contributed by atoms with Crippen molar-refractivity contribution in [3.63, 3.8) is 0 Å². The van der Waals surface area contributed by atoms with Crippen LogP contribution >= 0.6 is 0 Å². The lowest BCUT2D eigenvalue weighted by Crippen LogP contribution is -2.42. The highest BCUT2D eigenvalue weighted by molar-refractivity contribution is 5.81. The largest absolute Gasteiger partial charge is 0.497 e. The first-order valence-corrected chi connectivity index (χ1v) is 6.15. The molecule has 96 valence electrons. The summed E-state index contributed by atoms with van der Waals surface area (Å²) in [4.78, 5) is 2.19. The van der Waals surface area contributed by atoms with Gasteiger partial charge in [0.15, 0.2) is 0 Å². The van der Waals surface area contributed by atoms with E-state index in [2.05, 4.69) is 61.8 Å². The summed E-state index contributed by atoms with van der Waals surface area (Å²) < 4.78 is 7.40. The summed E-state index contributed by atoms with van der Waals surface area (Å²) in [6.45, 7) is 6.55. The van der Waals surface area contributed by atoms with E-state index >= 15 is 0 Å². The molecule has 0 atom stereocenters. The summed E-state index contributed by atoms with van der Waals surface area (Å²) >= 11 is 0. The number of hydrogen-bond acceptors (Lipinski definition) is 2. The van der Waals surface area contributed by atoms with Gasteiger partial charge in [0.1, 0.15) is 22.7 Å². The van der Waals surface area contributed by atoms with Gasteiger partial charge in [0.2, 0.25) is 6.34 Å². The Bertz CT molecular complexity index is 498. The predicted molar refractivity (Wildman–Crippen MR) is 75.6 cm³/mol. The molecule has 0 saturated carbocycles. The zero-order valence-corrected chi connectivity index (χ0v) is 11.8. The van der Waals surface area contributed by atoms with Crippen molar-refractivity contribution in [2.24, 2.45) is 0 Å². The van der Waals surface area contributed by atoms with Gasteiger partial charge >= 0.3 is 0 Å². The summed E-state index contributed by atoms with van der Waals surface area (Å²) in [5.74, 6) is 0.881. The van der Waals surface area contributed by atoms with Gasteiger partial charge in [-0.1, -0.05) is 0 Å². The minimum atomic E-state index is 0.0626. The van der Waals surface area contributed by atoms with E-state index in [4.69, 9.17) is 4.74 Å². The summed E-state index contributed by atoms with van der Waals surface area (Å²) in [5, 5.41) is 0. The maximum absolute atomic E-state index is 5.18. The number of hydrogen-bond donors (Lipinski definition) is 0. The van der Waals surface area contributed by atoms with Gasteiger partial charge in [0, 0.05) is 6.08 Å². The van der Waals surface area contributed by atoms with Crippen LogP contribution in [0.2, 0.25) is 0 Å². The van der Waals surface area contributed by atoms with Crippen LogP contribution in [0.15, 0.2) is 36.0 Å². The summed E-state index contributed by atoms with van der Waals surface area (Å²) in [6, 6.07) is 8.10. The Morgan fingerprint density at radius 2 is 1.78 bits per heavy atom. The van der Waals surface area contributed by atoms with Crippen molar-refractivity contribution < 1.29 is 9.31 Å². The molecule has 0 amide bonds. The lowest BCUT2D eigenvalue weighted by Gasteiger charge is -2.28. The molecular formula is C15H21N2O+. The molecule has 0 unspecified atom stereocenters. The Balaban J connectivity index is 2.34. The monoisotopic (exact) mass is 245 g/mol. The Labute approximate surface area is 109 Å². The smallest absolute Gasteiger partial charge is 0.244 e. The van der Waals surface area contributed by atoms with Crippen molar-refractivity contribution in [1.82, 2.24) is 0 Å². The minimum absolute atomic E-state index is 0.0626. The zero-order valence-electron chi connectivity index (χ0n) is 11.8. The third-order valence-electron chi connectivity index (χ3n) is 3.49. The van der Waals surface area contributed by atoms with Crippen molar-refractivity contribution in [3.05, 3.63) is 36.0 Å². The van der Waals surface area contributed by atoms with Crippen LogP contribution in [-0.2, 0) is 0 Å². The van der Waals surface area contributed by atoms with E-state index in [9.17, 15) is 0 Å². The van der Waals surface area contributed by atoms with E-state index in [1.165, 1.54) is 5.70 Å². The minimum Gasteiger partial charge on any atom is -0.497 e. The molecule has 0 aliphatic carbocycles. The molecule has 0 saturated heterocycles.